The Kier molecular flexibility index (Phi) is 11.3. The van der Waals surface area contributed by atoms with Crippen molar-refractivity contribution in [2.45, 2.75) is 43.1 Å². The Morgan fingerprint density at radius 2 is 1.52 bits per heavy atom. The van der Waals surface area contributed by atoms with Gasteiger partial charge in [0.15, 0.2) is 11.5 Å². The normalized spacial score (nSPS) is 25.2. The molecule has 0 bridgehead atoms. The van der Waals surface area contributed by atoms with Crippen molar-refractivity contribution in [2.24, 2.45) is 0 Å². The minimum atomic E-state index is -4.73. The summed E-state index contributed by atoms with van der Waals surface area (Å²) >= 11 is 0. The average molecular weight is 646 g/mol. The van der Waals surface area contributed by atoms with Crippen LogP contribution in [0.2, 0.25) is 0 Å². The Hall–Kier alpha value is -2.94. The minimum Gasteiger partial charge on any atom is -0.497 e. The van der Waals surface area contributed by atoms with Crippen molar-refractivity contribution in [3.8, 4) is 11.5 Å². The standard InChI is InChI=1S/C32H36O10S2/c1-36-26-12-8-23(9-13-26)18-38-21-31-28(39-19-24-10-14-27(37-2)15-11-24)16-17-43(31)22-30-29(42-44(33,34)35)20-40-32(41-30)25-6-4-3-5-7-25/h3-17,28-32H,18-22H2,1-2H3/p+1/t28-,29-,30+,31+,32?,43?/m0/s1. The van der Waals surface area contributed by atoms with Gasteiger partial charge in [0.05, 0.1) is 40.6 Å². The van der Waals surface area contributed by atoms with Crippen LogP contribution in [0.5, 0.6) is 11.5 Å². The van der Waals surface area contributed by atoms with Crippen LogP contribution in [-0.2, 0) is 57.6 Å². The van der Waals surface area contributed by atoms with Crippen molar-refractivity contribution < 1.29 is 45.6 Å². The fraction of sp³-hybridized carbons (Fsp3) is 0.375. The molecule has 5 rings (SSSR count). The highest BCUT2D eigenvalue weighted by atomic mass is 32.3. The molecule has 0 spiro atoms. The predicted molar refractivity (Wildman–Crippen MR) is 166 cm³/mol. The van der Waals surface area contributed by atoms with Gasteiger partial charge in [-0.3, -0.25) is 4.55 Å². The number of hydrogen-bond donors (Lipinski definition) is 1. The van der Waals surface area contributed by atoms with Crippen molar-refractivity contribution in [3.05, 3.63) is 107 Å². The quantitative estimate of drug-likeness (QED) is 0.197. The van der Waals surface area contributed by atoms with Crippen molar-refractivity contribution in [2.75, 3.05) is 33.2 Å². The number of methoxy groups -OCH3 is 2. The van der Waals surface area contributed by atoms with Gasteiger partial charge in [0.2, 0.25) is 0 Å². The number of ether oxygens (including phenoxy) is 6. The molecule has 0 aromatic heterocycles. The maximum absolute atomic E-state index is 11.7. The van der Waals surface area contributed by atoms with Gasteiger partial charge in [-0.25, -0.2) is 4.18 Å². The number of benzene rings is 3. The monoisotopic (exact) mass is 645 g/mol. The fourth-order valence-corrected chi connectivity index (χ4v) is 7.84. The summed E-state index contributed by atoms with van der Waals surface area (Å²) in [5, 5.41) is 2.01. The summed E-state index contributed by atoms with van der Waals surface area (Å²) in [6.07, 6.45) is -0.633. The molecule has 1 N–H and O–H groups in total. The van der Waals surface area contributed by atoms with Gasteiger partial charge in [-0.1, -0.05) is 54.6 Å². The number of hydrogen-bond acceptors (Lipinski definition) is 9. The molecule has 1 fully saturated rings. The molecule has 0 radical (unpaired) electrons. The Morgan fingerprint density at radius 3 is 2.14 bits per heavy atom. The van der Waals surface area contributed by atoms with Gasteiger partial charge in [-0.05, 0) is 41.5 Å². The van der Waals surface area contributed by atoms with E-state index >= 15 is 0 Å². The van der Waals surface area contributed by atoms with Crippen LogP contribution in [0.4, 0.5) is 0 Å². The van der Waals surface area contributed by atoms with E-state index in [0.717, 1.165) is 28.2 Å². The molecule has 3 aromatic rings. The largest absolute Gasteiger partial charge is 0.497 e. The molecule has 236 valence electrons. The first kappa shape index (κ1) is 32.5. The molecule has 12 heteroatoms. The molecule has 2 aliphatic heterocycles. The molecule has 10 nitrogen and oxygen atoms in total. The second-order valence-electron chi connectivity index (χ2n) is 10.3. The second-order valence-corrected chi connectivity index (χ2v) is 13.5. The van der Waals surface area contributed by atoms with Crippen molar-refractivity contribution in [3.63, 3.8) is 0 Å². The summed E-state index contributed by atoms with van der Waals surface area (Å²) in [6.45, 7) is 1.12. The predicted octanol–water partition coefficient (Wildman–Crippen LogP) is 4.62. The molecule has 0 saturated carbocycles. The first-order valence-electron chi connectivity index (χ1n) is 14.1. The van der Waals surface area contributed by atoms with Crippen LogP contribution in [0.3, 0.4) is 0 Å². The highest BCUT2D eigenvalue weighted by Crippen LogP contribution is 2.33. The lowest BCUT2D eigenvalue weighted by Crippen LogP contribution is -2.48. The third kappa shape index (κ3) is 9.05. The lowest BCUT2D eigenvalue weighted by molar-refractivity contribution is -0.245. The summed E-state index contributed by atoms with van der Waals surface area (Å²) in [4.78, 5) is 0. The zero-order valence-corrected chi connectivity index (χ0v) is 26.2. The first-order chi connectivity index (χ1) is 21.3. The zero-order chi connectivity index (χ0) is 30.9. The molecule has 0 aliphatic carbocycles. The van der Waals surface area contributed by atoms with Crippen molar-refractivity contribution in [1.29, 1.82) is 0 Å². The van der Waals surface area contributed by atoms with Crippen LogP contribution in [0.1, 0.15) is 23.0 Å². The van der Waals surface area contributed by atoms with Gasteiger partial charge < -0.3 is 28.4 Å². The van der Waals surface area contributed by atoms with Gasteiger partial charge in [-0.15, -0.1) is 0 Å². The molecule has 0 amide bonds. The third-order valence-corrected chi connectivity index (χ3v) is 10.2. The molecular formula is C32H37O10S2+. The lowest BCUT2D eigenvalue weighted by atomic mass is 10.1. The zero-order valence-electron chi connectivity index (χ0n) is 24.5. The SMILES string of the molecule is COc1ccc(COC[C@@H]2[C@@H](OCc3ccc(OC)cc3)C=C[S+]2C[C@H]2OC(c3ccccc3)OC[C@@H]2OS(=O)(=O)O)cc1. The van der Waals surface area contributed by atoms with Gasteiger partial charge >= 0.3 is 10.4 Å². The second kappa shape index (κ2) is 15.4. The number of rotatable bonds is 14. The maximum atomic E-state index is 11.7. The van der Waals surface area contributed by atoms with E-state index in [0.29, 0.717) is 25.6 Å². The van der Waals surface area contributed by atoms with Gasteiger partial charge in [0, 0.05) is 16.5 Å². The Balaban J connectivity index is 1.30. The minimum absolute atomic E-state index is 0.0685. The van der Waals surface area contributed by atoms with E-state index in [1.807, 2.05) is 84.9 Å². The van der Waals surface area contributed by atoms with E-state index in [4.69, 9.17) is 32.6 Å². The Labute approximate surface area is 261 Å². The highest BCUT2D eigenvalue weighted by molar-refractivity contribution is 8.00. The summed E-state index contributed by atoms with van der Waals surface area (Å²) < 4.78 is 73.0. The topological polar surface area (TPSA) is 119 Å². The van der Waals surface area contributed by atoms with Crippen molar-refractivity contribution >= 4 is 21.3 Å². The van der Waals surface area contributed by atoms with Gasteiger partial charge in [0.25, 0.3) is 0 Å². The van der Waals surface area contributed by atoms with E-state index in [1.165, 1.54) is 0 Å². The molecule has 2 aliphatic rings. The molecular weight excluding hydrogens is 608 g/mol. The van der Waals surface area contributed by atoms with E-state index in [2.05, 4.69) is 5.41 Å². The van der Waals surface area contributed by atoms with E-state index in [9.17, 15) is 13.0 Å². The first-order valence-corrected chi connectivity index (χ1v) is 17.0. The maximum Gasteiger partial charge on any atom is 0.397 e. The van der Waals surface area contributed by atoms with Crippen LogP contribution in [0, 0.1) is 0 Å². The Bertz CT molecular complexity index is 1450. The Morgan fingerprint density at radius 1 is 0.886 bits per heavy atom. The summed E-state index contributed by atoms with van der Waals surface area (Å²) in [7, 11) is -1.93. The molecule has 1 saturated heterocycles. The molecule has 3 aromatic carbocycles. The summed E-state index contributed by atoms with van der Waals surface area (Å²) in [5.74, 6) is 1.96. The van der Waals surface area contributed by atoms with Gasteiger partial charge in [0.1, 0.15) is 41.0 Å². The molecule has 2 unspecified atom stereocenters. The highest BCUT2D eigenvalue weighted by Gasteiger charge is 2.47. The summed E-state index contributed by atoms with van der Waals surface area (Å²) in [5.41, 5.74) is 2.81. The van der Waals surface area contributed by atoms with E-state index < -0.39 is 39.8 Å². The van der Waals surface area contributed by atoms with Crippen LogP contribution < -0.4 is 9.47 Å². The van der Waals surface area contributed by atoms with Crippen LogP contribution in [-0.4, -0.2) is 69.7 Å². The van der Waals surface area contributed by atoms with E-state index in [1.54, 1.807) is 14.2 Å². The van der Waals surface area contributed by atoms with Crippen LogP contribution in [0.15, 0.2) is 90.3 Å². The molecule has 6 atom stereocenters. The fourth-order valence-electron chi connectivity index (χ4n) is 4.97. The smallest absolute Gasteiger partial charge is 0.397 e. The molecule has 44 heavy (non-hydrogen) atoms. The van der Waals surface area contributed by atoms with Crippen molar-refractivity contribution in [1.82, 2.24) is 0 Å². The van der Waals surface area contributed by atoms with E-state index in [-0.39, 0.29) is 18.0 Å². The molecule has 2 heterocycles. The summed E-state index contributed by atoms with van der Waals surface area (Å²) in [6, 6.07) is 24.8. The third-order valence-electron chi connectivity index (χ3n) is 7.31. The van der Waals surface area contributed by atoms with Crippen LogP contribution in [0.25, 0.3) is 0 Å². The van der Waals surface area contributed by atoms with Gasteiger partial charge in [-0.2, -0.15) is 8.42 Å². The van der Waals surface area contributed by atoms with Crippen LogP contribution >= 0.6 is 0 Å². The average Bonchev–Trinajstić information content (AvgIpc) is 3.42. The lowest BCUT2D eigenvalue weighted by Gasteiger charge is -2.35.